The molecule has 7 aromatic rings. The Hall–Kier alpha value is -4.51. The monoisotopic (exact) mass is 427 g/mol. The fourth-order valence-corrected chi connectivity index (χ4v) is 4.57. The first kappa shape index (κ1) is 18.1. The second kappa shape index (κ2) is 6.74. The van der Waals surface area contributed by atoms with Gasteiger partial charge in [-0.25, -0.2) is 15.0 Å². The third-order valence-corrected chi connectivity index (χ3v) is 6.04. The lowest BCUT2D eigenvalue weighted by Gasteiger charge is -2.06. The molecule has 0 bridgehead atoms. The quantitative estimate of drug-likeness (QED) is 0.289. The van der Waals surface area contributed by atoms with Gasteiger partial charge in [-0.2, -0.15) is 0 Å². The molecule has 5 nitrogen and oxygen atoms in total. The normalized spacial score (nSPS) is 11.8. The number of nitrogens with zero attached hydrogens (tertiary/aromatic N) is 3. The fraction of sp³-hybridized carbons (Fsp3) is 0.0357. The molecule has 3 heterocycles. The molecule has 0 saturated carbocycles. The second-order valence-electron chi connectivity index (χ2n) is 8.09. The SMILES string of the molecule is Cc1nc(-c2cccc3c2oc2ccccc23)nc(-c2cccc3c2oc2ccccc23)n1. The van der Waals surface area contributed by atoms with E-state index in [1.54, 1.807) is 0 Å². The van der Waals surface area contributed by atoms with Crippen molar-refractivity contribution >= 4 is 43.9 Å². The van der Waals surface area contributed by atoms with Gasteiger partial charge in [0.1, 0.15) is 28.2 Å². The summed E-state index contributed by atoms with van der Waals surface area (Å²) < 4.78 is 12.4. The number of rotatable bonds is 2. The Morgan fingerprint density at radius 1 is 0.485 bits per heavy atom. The van der Waals surface area contributed by atoms with Crippen molar-refractivity contribution in [3.05, 3.63) is 90.8 Å². The van der Waals surface area contributed by atoms with Crippen molar-refractivity contribution in [3.8, 4) is 22.8 Å². The van der Waals surface area contributed by atoms with Gasteiger partial charge in [0, 0.05) is 21.5 Å². The molecule has 0 aliphatic heterocycles. The highest BCUT2D eigenvalue weighted by Gasteiger charge is 2.18. The highest BCUT2D eigenvalue weighted by Crippen LogP contribution is 2.37. The minimum Gasteiger partial charge on any atom is -0.455 e. The van der Waals surface area contributed by atoms with Gasteiger partial charge in [0.15, 0.2) is 11.6 Å². The average Bonchev–Trinajstić information content (AvgIpc) is 3.42. The van der Waals surface area contributed by atoms with E-state index in [0.29, 0.717) is 17.5 Å². The fourth-order valence-electron chi connectivity index (χ4n) is 4.57. The van der Waals surface area contributed by atoms with Crippen LogP contribution in [-0.4, -0.2) is 15.0 Å². The summed E-state index contributed by atoms with van der Waals surface area (Å²) in [5.41, 5.74) is 4.92. The number of hydrogen-bond donors (Lipinski definition) is 0. The maximum absolute atomic E-state index is 6.21. The molecular formula is C28H17N3O2. The zero-order chi connectivity index (χ0) is 21.9. The lowest BCUT2D eigenvalue weighted by atomic mass is 10.1. The molecule has 0 unspecified atom stereocenters. The van der Waals surface area contributed by atoms with Gasteiger partial charge in [0.2, 0.25) is 0 Å². The summed E-state index contributed by atoms with van der Waals surface area (Å²) in [7, 11) is 0. The van der Waals surface area contributed by atoms with Gasteiger partial charge in [-0.1, -0.05) is 60.7 Å². The van der Waals surface area contributed by atoms with Crippen LogP contribution in [0.15, 0.2) is 93.8 Å². The summed E-state index contributed by atoms with van der Waals surface area (Å²) in [6, 6.07) is 28.2. The van der Waals surface area contributed by atoms with Crippen LogP contribution in [0.3, 0.4) is 0 Å². The van der Waals surface area contributed by atoms with Gasteiger partial charge < -0.3 is 8.83 Å². The Labute approximate surface area is 188 Å². The van der Waals surface area contributed by atoms with Gasteiger partial charge in [-0.3, -0.25) is 0 Å². The summed E-state index contributed by atoms with van der Waals surface area (Å²) >= 11 is 0. The van der Waals surface area contributed by atoms with Crippen molar-refractivity contribution in [2.75, 3.05) is 0 Å². The van der Waals surface area contributed by atoms with Crippen LogP contribution in [0.5, 0.6) is 0 Å². The summed E-state index contributed by atoms with van der Waals surface area (Å²) in [5.74, 6) is 1.79. The van der Waals surface area contributed by atoms with E-state index in [1.165, 1.54) is 0 Å². The molecule has 3 aromatic heterocycles. The molecule has 0 saturated heterocycles. The first-order chi connectivity index (χ1) is 16.3. The molecule has 33 heavy (non-hydrogen) atoms. The molecule has 0 aliphatic rings. The smallest absolute Gasteiger partial charge is 0.167 e. The summed E-state index contributed by atoms with van der Waals surface area (Å²) in [4.78, 5) is 14.2. The van der Waals surface area contributed by atoms with Gasteiger partial charge in [0.25, 0.3) is 0 Å². The molecule has 0 fully saturated rings. The van der Waals surface area contributed by atoms with Crippen LogP contribution in [0.1, 0.15) is 5.82 Å². The lowest BCUT2D eigenvalue weighted by molar-refractivity contribution is 0.669. The predicted octanol–water partition coefficient (Wildman–Crippen LogP) is 7.31. The number of fused-ring (bicyclic) bond motifs is 6. The van der Waals surface area contributed by atoms with E-state index in [0.717, 1.165) is 55.0 Å². The van der Waals surface area contributed by atoms with Crippen molar-refractivity contribution in [2.45, 2.75) is 6.92 Å². The maximum Gasteiger partial charge on any atom is 0.167 e. The Morgan fingerprint density at radius 2 is 0.939 bits per heavy atom. The first-order valence-corrected chi connectivity index (χ1v) is 10.8. The van der Waals surface area contributed by atoms with E-state index >= 15 is 0 Å². The van der Waals surface area contributed by atoms with E-state index in [4.69, 9.17) is 13.8 Å². The van der Waals surface area contributed by atoms with Gasteiger partial charge in [-0.15, -0.1) is 0 Å². The topological polar surface area (TPSA) is 65.0 Å². The van der Waals surface area contributed by atoms with Gasteiger partial charge in [-0.05, 0) is 31.2 Å². The minimum absolute atomic E-state index is 0.579. The number of aryl methyl sites for hydroxylation is 1. The van der Waals surface area contributed by atoms with Crippen LogP contribution in [0.2, 0.25) is 0 Å². The van der Waals surface area contributed by atoms with Crippen LogP contribution in [0.4, 0.5) is 0 Å². The van der Waals surface area contributed by atoms with Crippen molar-refractivity contribution in [3.63, 3.8) is 0 Å². The second-order valence-corrected chi connectivity index (χ2v) is 8.09. The molecule has 0 aliphatic carbocycles. The molecule has 156 valence electrons. The van der Waals surface area contributed by atoms with Crippen molar-refractivity contribution in [1.29, 1.82) is 0 Å². The molecule has 0 spiro atoms. The zero-order valence-electron chi connectivity index (χ0n) is 17.7. The predicted molar refractivity (Wildman–Crippen MR) is 130 cm³/mol. The molecule has 4 aromatic carbocycles. The first-order valence-electron chi connectivity index (χ1n) is 10.8. The molecular weight excluding hydrogens is 410 g/mol. The molecule has 5 heteroatoms. The van der Waals surface area contributed by atoms with Crippen LogP contribution in [0.25, 0.3) is 66.7 Å². The largest absolute Gasteiger partial charge is 0.455 e. The average molecular weight is 427 g/mol. The molecule has 7 rings (SSSR count). The molecule has 0 N–H and O–H groups in total. The number of furan rings is 2. The summed E-state index contributed by atoms with van der Waals surface area (Å²) in [6.45, 7) is 1.88. The van der Waals surface area contributed by atoms with Crippen LogP contribution < -0.4 is 0 Å². The minimum atomic E-state index is 0.579. The van der Waals surface area contributed by atoms with E-state index in [1.807, 2.05) is 67.6 Å². The third kappa shape index (κ3) is 2.69. The van der Waals surface area contributed by atoms with Crippen LogP contribution in [0, 0.1) is 6.92 Å². The Bertz CT molecular complexity index is 1710. The highest BCUT2D eigenvalue weighted by atomic mass is 16.3. The van der Waals surface area contributed by atoms with Crippen molar-refractivity contribution < 1.29 is 8.83 Å². The van der Waals surface area contributed by atoms with Crippen molar-refractivity contribution in [1.82, 2.24) is 15.0 Å². The van der Waals surface area contributed by atoms with Gasteiger partial charge in [0.05, 0.1) is 11.1 Å². The Kier molecular flexibility index (Phi) is 3.70. The summed E-state index contributed by atoms with van der Waals surface area (Å²) in [5, 5.41) is 4.24. The van der Waals surface area contributed by atoms with Crippen LogP contribution >= 0.6 is 0 Å². The number of benzene rings is 4. The number of hydrogen-bond acceptors (Lipinski definition) is 5. The number of para-hydroxylation sites is 4. The van der Waals surface area contributed by atoms with Crippen LogP contribution in [-0.2, 0) is 0 Å². The van der Waals surface area contributed by atoms with E-state index in [2.05, 4.69) is 34.2 Å². The van der Waals surface area contributed by atoms with E-state index < -0.39 is 0 Å². The zero-order valence-corrected chi connectivity index (χ0v) is 17.7. The number of aromatic nitrogens is 3. The summed E-state index contributed by atoms with van der Waals surface area (Å²) in [6.07, 6.45) is 0. The Balaban J connectivity index is 1.48. The van der Waals surface area contributed by atoms with E-state index in [9.17, 15) is 0 Å². The molecule has 0 radical (unpaired) electrons. The Morgan fingerprint density at radius 3 is 1.45 bits per heavy atom. The van der Waals surface area contributed by atoms with Gasteiger partial charge >= 0.3 is 0 Å². The van der Waals surface area contributed by atoms with Crippen molar-refractivity contribution in [2.24, 2.45) is 0 Å². The lowest BCUT2D eigenvalue weighted by Crippen LogP contribution is -1.99. The maximum atomic E-state index is 6.21. The van der Waals surface area contributed by atoms with E-state index in [-0.39, 0.29) is 0 Å². The highest BCUT2D eigenvalue weighted by molar-refractivity contribution is 6.10. The molecule has 0 atom stereocenters. The standard InChI is InChI=1S/C28H17N3O2/c1-16-29-27(21-12-6-10-19-17-8-2-4-14-23(17)32-25(19)21)31-28(30-16)22-13-7-11-20-18-9-3-5-15-24(18)33-26(20)22/h2-15H,1H3. The molecule has 0 amide bonds. The third-order valence-electron chi connectivity index (χ3n) is 6.04.